The fourth-order valence-electron chi connectivity index (χ4n) is 2.14. The normalized spacial score (nSPS) is 13.6. The van der Waals surface area contributed by atoms with Crippen molar-refractivity contribution in [2.75, 3.05) is 17.6 Å². The minimum Gasteiger partial charge on any atom is -0.478 e. The minimum atomic E-state index is -0.975. The van der Waals surface area contributed by atoms with E-state index in [1.165, 1.54) is 18.9 Å². The summed E-state index contributed by atoms with van der Waals surface area (Å²) in [4.78, 5) is 11.3. The first-order valence-corrected chi connectivity index (χ1v) is 7.26. The number of benzene rings is 2. The molecule has 2 aromatic rings. The van der Waals surface area contributed by atoms with Gasteiger partial charge < -0.3 is 20.9 Å². The van der Waals surface area contributed by atoms with Crippen molar-refractivity contribution in [1.82, 2.24) is 0 Å². The van der Waals surface area contributed by atoms with Gasteiger partial charge in [-0.1, -0.05) is 0 Å². The lowest BCUT2D eigenvalue weighted by atomic mass is 10.2. The van der Waals surface area contributed by atoms with Crippen LogP contribution in [0.1, 0.15) is 23.2 Å². The third kappa shape index (κ3) is 3.69. The molecule has 0 saturated heterocycles. The van der Waals surface area contributed by atoms with E-state index in [4.69, 9.17) is 10.5 Å². The van der Waals surface area contributed by atoms with E-state index in [2.05, 4.69) is 5.32 Å². The van der Waals surface area contributed by atoms with Gasteiger partial charge in [0.1, 0.15) is 11.5 Å². The van der Waals surface area contributed by atoms with E-state index in [0.717, 1.165) is 12.2 Å². The largest absolute Gasteiger partial charge is 0.478 e. The number of rotatable bonds is 6. The first-order valence-electron chi connectivity index (χ1n) is 7.26. The fraction of sp³-hybridized carbons (Fsp3) is 0.235. The predicted molar refractivity (Wildman–Crippen MR) is 85.5 cm³/mol. The molecule has 4 N–H and O–H groups in total. The van der Waals surface area contributed by atoms with Gasteiger partial charge in [-0.25, -0.2) is 4.79 Å². The molecular formula is C17H18N2O3. The van der Waals surface area contributed by atoms with Crippen LogP contribution in [0.4, 0.5) is 11.4 Å². The van der Waals surface area contributed by atoms with Crippen molar-refractivity contribution in [1.29, 1.82) is 0 Å². The Morgan fingerprint density at radius 1 is 1.18 bits per heavy atom. The maximum absolute atomic E-state index is 11.3. The molecule has 22 heavy (non-hydrogen) atoms. The molecule has 5 heteroatoms. The molecular weight excluding hydrogens is 280 g/mol. The summed E-state index contributed by atoms with van der Waals surface area (Å²) in [6.45, 7) is 0.865. The summed E-state index contributed by atoms with van der Waals surface area (Å²) in [6, 6.07) is 11.9. The van der Waals surface area contributed by atoms with Crippen molar-refractivity contribution in [3.63, 3.8) is 0 Å². The molecule has 0 aliphatic heterocycles. The predicted octanol–water partition coefficient (Wildman–Crippen LogP) is 3.58. The van der Waals surface area contributed by atoms with E-state index < -0.39 is 5.97 Å². The number of nitrogens with one attached hydrogen (secondary N) is 1. The molecule has 0 amide bonds. The Balaban J connectivity index is 1.81. The molecule has 1 aliphatic rings. The minimum absolute atomic E-state index is 0.200. The van der Waals surface area contributed by atoms with E-state index in [9.17, 15) is 9.90 Å². The monoisotopic (exact) mass is 298 g/mol. The SMILES string of the molecule is Nc1ccc(Oc2cc(NCC3CC3)cc(C(=O)O)c2)cc1. The van der Waals surface area contributed by atoms with E-state index in [0.29, 0.717) is 23.1 Å². The second kappa shape index (κ2) is 5.97. The fourth-order valence-corrected chi connectivity index (χ4v) is 2.14. The van der Waals surface area contributed by atoms with Crippen molar-refractivity contribution in [3.05, 3.63) is 48.0 Å². The van der Waals surface area contributed by atoms with Gasteiger partial charge in [0.05, 0.1) is 5.56 Å². The number of anilines is 2. The van der Waals surface area contributed by atoms with Crippen LogP contribution in [0.2, 0.25) is 0 Å². The quantitative estimate of drug-likeness (QED) is 0.710. The highest BCUT2D eigenvalue weighted by Gasteiger charge is 2.20. The molecule has 1 aliphatic carbocycles. The van der Waals surface area contributed by atoms with Gasteiger partial charge >= 0.3 is 5.97 Å². The highest BCUT2D eigenvalue weighted by Crippen LogP contribution is 2.31. The van der Waals surface area contributed by atoms with E-state index in [-0.39, 0.29) is 5.56 Å². The second-order valence-electron chi connectivity index (χ2n) is 5.55. The molecule has 0 heterocycles. The molecule has 0 aromatic heterocycles. The van der Waals surface area contributed by atoms with Gasteiger partial charge in [-0.3, -0.25) is 0 Å². The Hall–Kier alpha value is -2.69. The van der Waals surface area contributed by atoms with Gasteiger partial charge in [0, 0.05) is 24.0 Å². The molecule has 1 saturated carbocycles. The van der Waals surface area contributed by atoms with Gasteiger partial charge in [-0.15, -0.1) is 0 Å². The standard InChI is InChI=1S/C17H18N2O3/c18-13-3-5-15(6-4-13)22-16-8-12(17(20)21)7-14(9-16)19-10-11-1-2-11/h3-9,11,19H,1-2,10,18H2,(H,20,21). The van der Waals surface area contributed by atoms with Crippen LogP contribution in [-0.4, -0.2) is 17.6 Å². The Kier molecular flexibility index (Phi) is 3.87. The van der Waals surface area contributed by atoms with Gasteiger partial charge in [0.25, 0.3) is 0 Å². The Morgan fingerprint density at radius 2 is 1.91 bits per heavy atom. The first kappa shape index (κ1) is 14.3. The highest BCUT2D eigenvalue weighted by molar-refractivity contribution is 5.89. The summed E-state index contributed by atoms with van der Waals surface area (Å²) in [5.41, 5.74) is 7.25. The van der Waals surface area contributed by atoms with Crippen molar-refractivity contribution in [3.8, 4) is 11.5 Å². The number of carbonyl (C=O) groups is 1. The summed E-state index contributed by atoms with van der Waals surface area (Å²) < 4.78 is 5.73. The number of hydrogen-bond acceptors (Lipinski definition) is 4. The summed E-state index contributed by atoms with van der Waals surface area (Å²) in [7, 11) is 0. The summed E-state index contributed by atoms with van der Waals surface area (Å²) >= 11 is 0. The third-order valence-electron chi connectivity index (χ3n) is 3.56. The second-order valence-corrected chi connectivity index (χ2v) is 5.55. The molecule has 2 aromatic carbocycles. The molecule has 0 atom stereocenters. The number of hydrogen-bond donors (Lipinski definition) is 3. The van der Waals surface area contributed by atoms with Gasteiger partial charge in [0.15, 0.2) is 0 Å². The van der Waals surface area contributed by atoms with Gasteiger partial charge in [-0.2, -0.15) is 0 Å². The van der Waals surface area contributed by atoms with Crippen LogP contribution in [0.3, 0.4) is 0 Å². The van der Waals surface area contributed by atoms with Crippen LogP contribution in [0.5, 0.6) is 11.5 Å². The van der Waals surface area contributed by atoms with E-state index >= 15 is 0 Å². The van der Waals surface area contributed by atoms with Crippen LogP contribution in [0.15, 0.2) is 42.5 Å². The molecule has 0 radical (unpaired) electrons. The zero-order chi connectivity index (χ0) is 15.5. The maximum atomic E-state index is 11.3. The smallest absolute Gasteiger partial charge is 0.335 e. The van der Waals surface area contributed by atoms with Crippen molar-refractivity contribution >= 4 is 17.3 Å². The average Bonchev–Trinajstić information content (AvgIpc) is 3.31. The van der Waals surface area contributed by atoms with Crippen LogP contribution in [0, 0.1) is 5.92 Å². The number of carboxylic acid groups (broad SMARTS) is 1. The van der Waals surface area contributed by atoms with Crippen LogP contribution >= 0.6 is 0 Å². The number of ether oxygens (including phenoxy) is 1. The molecule has 5 nitrogen and oxygen atoms in total. The highest BCUT2D eigenvalue weighted by atomic mass is 16.5. The molecule has 0 spiro atoms. The molecule has 0 unspecified atom stereocenters. The van der Waals surface area contributed by atoms with Gasteiger partial charge in [0.2, 0.25) is 0 Å². The lowest BCUT2D eigenvalue weighted by Crippen LogP contribution is -2.05. The lowest BCUT2D eigenvalue weighted by molar-refractivity contribution is 0.0696. The first-order chi connectivity index (χ1) is 10.6. The number of carboxylic acids is 1. The summed E-state index contributed by atoms with van der Waals surface area (Å²) in [6.07, 6.45) is 2.47. The van der Waals surface area contributed by atoms with E-state index in [1.54, 1.807) is 30.3 Å². The molecule has 0 bridgehead atoms. The zero-order valence-electron chi connectivity index (χ0n) is 12.1. The van der Waals surface area contributed by atoms with Crippen LogP contribution < -0.4 is 15.8 Å². The molecule has 3 rings (SSSR count). The lowest BCUT2D eigenvalue weighted by Gasteiger charge is -2.11. The summed E-state index contributed by atoms with van der Waals surface area (Å²) in [5.74, 6) is 0.833. The van der Waals surface area contributed by atoms with E-state index in [1.807, 2.05) is 6.07 Å². The van der Waals surface area contributed by atoms with Crippen molar-refractivity contribution in [2.45, 2.75) is 12.8 Å². The zero-order valence-corrected chi connectivity index (χ0v) is 12.1. The number of nitrogens with two attached hydrogens (primary N) is 1. The third-order valence-corrected chi connectivity index (χ3v) is 3.56. The topological polar surface area (TPSA) is 84.6 Å². The Morgan fingerprint density at radius 3 is 2.55 bits per heavy atom. The number of aromatic carboxylic acids is 1. The molecule has 114 valence electrons. The average molecular weight is 298 g/mol. The maximum Gasteiger partial charge on any atom is 0.335 e. The van der Waals surface area contributed by atoms with Gasteiger partial charge in [-0.05, 0) is 55.2 Å². The Labute approximate surface area is 128 Å². The van der Waals surface area contributed by atoms with Crippen molar-refractivity contribution in [2.24, 2.45) is 5.92 Å². The number of nitrogen functional groups attached to an aromatic ring is 1. The van der Waals surface area contributed by atoms with Crippen LogP contribution in [-0.2, 0) is 0 Å². The molecule has 1 fully saturated rings. The summed E-state index contributed by atoms with van der Waals surface area (Å²) in [5, 5.41) is 12.5. The van der Waals surface area contributed by atoms with Crippen molar-refractivity contribution < 1.29 is 14.6 Å². The van der Waals surface area contributed by atoms with Crippen LogP contribution in [0.25, 0.3) is 0 Å². The Bertz CT molecular complexity index is 679.